The van der Waals surface area contributed by atoms with E-state index in [1.54, 1.807) is 17.0 Å². The number of nitrogens with one attached hydrogen (secondary N) is 1. The quantitative estimate of drug-likeness (QED) is 0.449. The standard InChI is InChI=1S/C22H22ClFN4O/c23-19-3-1-17(2-4-19)9-10-26-16-18(15-25)22(29)28-13-11-27(12-14-28)21-7-5-20(24)6-8-21/h1-8,16,26H,9-14H2/b18-16-. The number of benzene rings is 2. The summed E-state index contributed by atoms with van der Waals surface area (Å²) in [6, 6.07) is 15.9. The van der Waals surface area contributed by atoms with Gasteiger partial charge in [-0.05, 0) is 48.4 Å². The number of halogens is 2. The van der Waals surface area contributed by atoms with Crippen molar-refractivity contribution in [1.82, 2.24) is 10.2 Å². The van der Waals surface area contributed by atoms with E-state index in [1.165, 1.54) is 18.3 Å². The maximum absolute atomic E-state index is 13.1. The van der Waals surface area contributed by atoms with Crippen molar-refractivity contribution in [3.63, 3.8) is 0 Å². The fourth-order valence-corrected chi connectivity index (χ4v) is 3.30. The average Bonchev–Trinajstić information content (AvgIpc) is 2.75. The molecular weight excluding hydrogens is 391 g/mol. The van der Waals surface area contributed by atoms with Crippen LogP contribution in [-0.2, 0) is 11.2 Å². The third kappa shape index (κ3) is 5.72. The van der Waals surface area contributed by atoms with E-state index < -0.39 is 0 Å². The first-order valence-electron chi connectivity index (χ1n) is 9.45. The molecule has 0 saturated carbocycles. The van der Waals surface area contributed by atoms with Gasteiger partial charge in [-0.3, -0.25) is 4.79 Å². The lowest BCUT2D eigenvalue weighted by Gasteiger charge is -2.36. The number of hydrogen-bond donors (Lipinski definition) is 1. The van der Waals surface area contributed by atoms with E-state index in [0.717, 1.165) is 17.7 Å². The summed E-state index contributed by atoms with van der Waals surface area (Å²) in [7, 11) is 0. The average molecular weight is 413 g/mol. The van der Waals surface area contributed by atoms with Crippen molar-refractivity contribution in [3.05, 3.63) is 76.7 Å². The molecule has 0 spiro atoms. The summed E-state index contributed by atoms with van der Waals surface area (Å²) < 4.78 is 13.1. The van der Waals surface area contributed by atoms with Crippen LogP contribution in [0, 0.1) is 17.1 Å². The van der Waals surface area contributed by atoms with Gasteiger partial charge < -0.3 is 15.1 Å². The number of piperazine rings is 1. The second-order valence-electron chi connectivity index (χ2n) is 6.76. The van der Waals surface area contributed by atoms with Gasteiger partial charge in [0.1, 0.15) is 17.5 Å². The molecule has 7 heteroatoms. The molecule has 2 aromatic rings. The van der Waals surface area contributed by atoms with Crippen LogP contribution in [0.1, 0.15) is 5.56 Å². The van der Waals surface area contributed by atoms with Crippen molar-refractivity contribution in [2.75, 3.05) is 37.6 Å². The van der Waals surface area contributed by atoms with Crippen molar-refractivity contribution in [2.45, 2.75) is 6.42 Å². The number of nitrogens with zero attached hydrogens (tertiary/aromatic N) is 3. The molecule has 0 bridgehead atoms. The Hall–Kier alpha value is -3.04. The zero-order valence-electron chi connectivity index (χ0n) is 15.9. The van der Waals surface area contributed by atoms with Crippen molar-refractivity contribution >= 4 is 23.2 Å². The van der Waals surface area contributed by atoms with Gasteiger partial charge in [0.25, 0.3) is 5.91 Å². The third-order valence-corrected chi connectivity index (χ3v) is 5.08. The van der Waals surface area contributed by atoms with Crippen molar-refractivity contribution in [1.29, 1.82) is 5.26 Å². The fourth-order valence-electron chi connectivity index (χ4n) is 3.17. The molecule has 1 aliphatic heterocycles. The van der Waals surface area contributed by atoms with E-state index >= 15 is 0 Å². The number of carbonyl (C=O) groups excluding carboxylic acids is 1. The van der Waals surface area contributed by atoms with Gasteiger partial charge in [-0.15, -0.1) is 0 Å². The third-order valence-electron chi connectivity index (χ3n) is 4.83. The number of rotatable bonds is 6. The molecule has 1 saturated heterocycles. The van der Waals surface area contributed by atoms with Crippen molar-refractivity contribution in [3.8, 4) is 6.07 Å². The van der Waals surface area contributed by atoms with Gasteiger partial charge in [-0.25, -0.2) is 4.39 Å². The van der Waals surface area contributed by atoms with Gasteiger partial charge in [0.15, 0.2) is 0 Å². The maximum Gasteiger partial charge on any atom is 0.266 e. The zero-order valence-corrected chi connectivity index (χ0v) is 16.7. The van der Waals surface area contributed by atoms with E-state index in [9.17, 15) is 14.4 Å². The molecule has 2 aromatic carbocycles. The largest absolute Gasteiger partial charge is 0.389 e. The minimum atomic E-state index is -0.273. The first-order valence-corrected chi connectivity index (χ1v) is 9.82. The van der Waals surface area contributed by atoms with Crippen LogP contribution in [0.3, 0.4) is 0 Å². The highest BCUT2D eigenvalue weighted by atomic mass is 35.5. The Labute approximate surface area is 175 Å². The predicted octanol–water partition coefficient (Wildman–Crippen LogP) is 3.37. The highest BCUT2D eigenvalue weighted by Gasteiger charge is 2.23. The van der Waals surface area contributed by atoms with Gasteiger partial charge in [-0.1, -0.05) is 23.7 Å². The van der Waals surface area contributed by atoms with Crippen LogP contribution in [0.4, 0.5) is 10.1 Å². The number of hydrogen-bond acceptors (Lipinski definition) is 4. The summed E-state index contributed by atoms with van der Waals surface area (Å²) in [5.74, 6) is -0.542. The SMILES string of the molecule is N#C/C(=C/NCCc1ccc(Cl)cc1)C(=O)N1CCN(c2ccc(F)cc2)CC1. The Kier molecular flexibility index (Phi) is 7.09. The Morgan fingerprint density at radius 2 is 1.76 bits per heavy atom. The lowest BCUT2D eigenvalue weighted by molar-refractivity contribution is -0.127. The van der Waals surface area contributed by atoms with Crippen LogP contribution in [0.25, 0.3) is 0 Å². The van der Waals surface area contributed by atoms with E-state index in [2.05, 4.69) is 10.2 Å². The minimum Gasteiger partial charge on any atom is -0.389 e. The summed E-state index contributed by atoms with van der Waals surface area (Å²) in [6.07, 6.45) is 2.25. The smallest absolute Gasteiger partial charge is 0.266 e. The van der Waals surface area contributed by atoms with Crippen molar-refractivity contribution < 1.29 is 9.18 Å². The van der Waals surface area contributed by atoms with Gasteiger partial charge >= 0.3 is 0 Å². The van der Waals surface area contributed by atoms with E-state index in [-0.39, 0.29) is 17.3 Å². The number of carbonyl (C=O) groups is 1. The lowest BCUT2D eigenvalue weighted by atomic mass is 10.1. The molecule has 0 atom stereocenters. The minimum absolute atomic E-state index is 0.0938. The summed E-state index contributed by atoms with van der Waals surface area (Å²) in [5, 5.41) is 13.1. The van der Waals surface area contributed by atoms with Crippen LogP contribution in [0.15, 0.2) is 60.3 Å². The highest BCUT2D eigenvalue weighted by molar-refractivity contribution is 6.30. The number of amides is 1. The summed E-state index contributed by atoms with van der Waals surface area (Å²) in [4.78, 5) is 16.4. The molecule has 150 valence electrons. The van der Waals surface area contributed by atoms with Crippen LogP contribution < -0.4 is 10.2 Å². The molecular formula is C22H22ClFN4O. The van der Waals surface area contributed by atoms with Crippen LogP contribution in [-0.4, -0.2) is 43.5 Å². The molecule has 0 unspecified atom stereocenters. The summed E-state index contributed by atoms with van der Waals surface area (Å²) in [5.41, 5.74) is 2.15. The lowest BCUT2D eigenvalue weighted by Crippen LogP contribution is -2.49. The fraction of sp³-hybridized carbons (Fsp3) is 0.273. The zero-order chi connectivity index (χ0) is 20.6. The second kappa shape index (κ2) is 9.94. The molecule has 1 fully saturated rings. The topological polar surface area (TPSA) is 59.4 Å². The first kappa shape index (κ1) is 20.7. The summed E-state index contributed by atoms with van der Waals surface area (Å²) >= 11 is 5.87. The maximum atomic E-state index is 13.1. The van der Waals surface area contributed by atoms with Gasteiger partial charge in [0.05, 0.1) is 0 Å². The second-order valence-corrected chi connectivity index (χ2v) is 7.19. The Morgan fingerprint density at radius 1 is 1.10 bits per heavy atom. The van der Waals surface area contributed by atoms with Crippen LogP contribution in [0.2, 0.25) is 5.02 Å². The van der Waals surface area contributed by atoms with E-state index in [1.807, 2.05) is 30.3 Å². The Morgan fingerprint density at radius 3 is 2.38 bits per heavy atom. The molecule has 3 rings (SSSR count). The molecule has 0 aromatic heterocycles. The Balaban J connectivity index is 1.49. The normalized spacial score (nSPS) is 14.4. The molecule has 1 amide bonds. The van der Waals surface area contributed by atoms with Gasteiger partial charge in [0, 0.05) is 49.6 Å². The van der Waals surface area contributed by atoms with Gasteiger partial charge in [-0.2, -0.15) is 5.26 Å². The van der Waals surface area contributed by atoms with Gasteiger partial charge in [0.2, 0.25) is 0 Å². The molecule has 1 N–H and O–H groups in total. The molecule has 29 heavy (non-hydrogen) atoms. The molecule has 1 aliphatic rings. The van der Waals surface area contributed by atoms with Crippen LogP contribution in [0.5, 0.6) is 0 Å². The number of nitriles is 1. The molecule has 1 heterocycles. The monoisotopic (exact) mass is 412 g/mol. The predicted molar refractivity (Wildman–Crippen MR) is 112 cm³/mol. The van der Waals surface area contributed by atoms with E-state index in [0.29, 0.717) is 37.7 Å². The number of anilines is 1. The molecule has 0 radical (unpaired) electrons. The van der Waals surface area contributed by atoms with E-state index in [4.69, 9.17) is 11.6 Å². The van der Waals surface area contributed by atoms with Crippen LogP contribution >= 0.6 is 11.6 Å². The van der Waals surface area contributed by atoms with Crippen molar-refractivity contribution in [2.24, 2.45) is 0 Å². The first-order chi connectivity index (χ1) is 14.1. The summed E-state index contributed by atoms with van der Waals surface area (Å²) in [6.45, 7) is 2.92. The highest BCUT2D eigenvalue weighted by Crippen LogP contribution is 2.17. The molecule has 5 nitrogen and oxygen atoms in total. The Bertz CT molecular complexity index is 898. The molecule has 0 aliphatic carbocycles.